The molecule has 100 valence electrons. The van der Waals surface area contributed by atoms with Crippen molar-refractivity contribution in [2.24, 2.45) is 0 Å². The third-order valence-corrected chi connectivity index (χ3v) is 3.27. The molecule has 0 aliphatic carbocycles. The van der Waals surface area contributed by atoms with E-state index in [1.807, 2.05) is 6.92 Å². The molecule has 0 bridgehead atoms. The molecule has 7 heteroatoms. The number of nitrogen functional groups attached to an aromatic ring is 1. The minimum absolute atomic E-state index is 0.170. The van der Waals surface area contributed by atoms with Crippen LogP contribution >= 0.6 is 23.4 Å². The molecule has 0 aromatic carbocycles. The second-order valence-corrected chi connectivity index (χ2v) is 5.35. The Hall–Kier alpha value is -1.53. The van der Waals surface area contributed by atoms with E-state index < -0.39 is 0 Å². The van der Waals surface area contributed by atoms with Crippen LogP contribution in [0.25, 0.3) is 0 Å². The zero-order chi connectivity index (χ0) is 13.8. The van der Waals surface area contributed by atoms with Gasteiger partial charge in [0, 0.05) is 17.4 Å². The molecule has 0 fully saturated rings. The van der Waals surface area contributed by atoms with Crippen molar-refractivity contribution in [1.29, 1.82) is 0 Å². The Labute approximate surface area is 119 Å². The first kappa shape index (κ1) is 13.9. The Morgan fingerprint density at radius 2 is 2.16 bits per heavy atom. The Morgan fingerprint density at radius 1 is 1.37 bits per heavy atom. The highest BCUT2D eigenvalue weighted by atomic mass is 35.5. The molecule has 2 rings (SSSR count). The lowest BCUT2D eigenvalue weighted by Gasteiger charge is -2.04. The predicted molar refractivity (Wildman–Crippen MR) is 76.6 cm³/mol. The van der Waals surface area contributed by atoms with Crippen molar-refractivity contribution >= 4 is 29.1 Å². The number of hydrogen-bond donors (Lipinski definition) is 2. The van der Waals surface area contributed by atoms with Crippen LogP contribution in [0.5, 0.6) is 0 Å². The fraction of sp³-hybridized carbons (Fsp3) is 0.250. The summed E-state index contributed by atoms with van der Waals surface area (Å²) >= 11 is 7.06. The average molecular weight is 297 g/mol. The standard InChI is InChI=1S/C12H13ClN4OS/c1-2-3-8-6-10(18)17-12(15-8)19-11-5-7(14)4-9(13)16-11/h4-6H,2-3H2,1H3,(H2,14,16)(H,15,17,18). The lowest BCUT2D eigenvalue weighted by atomic mass is 10.2. The Morgan fingerprint density at radius 3 is 2.84 bits per heavy atom. The zero-order valence-electron chi connectivity index (χ0n) is 10.3. The van der Waals surface area contributed by atoms with Crippen LogP contribution in [-0.4, -0.2) is 15.0 Å². The molecule has 2 heterocycles. The second-order valence-electron chi connectivity index (χ2n) is 3.96. The van der Waals surface area contributed by atoms with Gasteiger partial charge in [-0.1, -0.05) is 24.9 Å². The maximum absolute atomic E-state index is 11.5. The number of halogens is 1. The van der Waals surface area contributed by atoms with Crippen LogP contribution in [0.15, 0.2) is 33.2 Å². The Balaban J connectivity index is 2.29. The number of hydrogen-bond acceptors (Lipinski definition) is 5. The summed E-state index contributed by atoms with van der Waals surface area (Å²) in [5, 5.41) is 1.40. The number of aromatic nitrogens is 3. The predicted octanol–water partition coefficient (Wildman–Crippen LogP) is 2.50. The van der Waals surface area contributed by atoms with E-state index in [0.29, 0.717) is 21.0 Å². The monoisotopic (exact) mass is 296 g/mol. The van der Waals surface area contributed by atoms with Gasteiger partial charge in [0.2, 0.25) is 0 Å². The van der Waals surface area contributed by atoms with Gasteiger partial charge in [-0.15, -0.1) is 0 Å². The highest BCUT2D eigenvalue weighted by Gasteiger charge is 2.06. The summed E-state index contributed by atoms with van der Waals surface area (Å²) in [7, 11) is 0. The number of pyridine rings is 1. The largest absolute Gasteiger partial charge is 0.399 e. The number of nitrogens with one attached hydrogen (secondary N) is 1. The van der Waals surface area contributed by atoms with Gasteiger partial charge >= 0.3 is 0 Å². The SMILES string of the molecule is CCCc1cc(=O)[nH]c(Sc2cc(N)cc(Cl)n2)n1. The van der Waals surface area contributed by atoms with Gasteiger partial charge in [-0.3, -0.25) is 4.79 Å². The van der Waals surface area contributed by atoms with Crippen LogP contribution in [0.2, 0.25) is 5.15 Å². The first-order valence-corrected chi connectivity index (χ1v) is 6.97. The van der Waals surface area contributed by atoms with Crippen LogP contribution in [0.3, 0.4) is 0 Å². The van der Waals surface area contributed by atoms with Gasteiger partial charge in [-0.25, -0.2) is 9.97 Å². The quantitative estimate of drug-likeness (QED) is 0.669. The van der Waals surface area contributed by atoms with E-state index in [1.54, 1.807) is 12.1 Å². The number of nitrogens with zero attached hydrogens (tertiary/aromatic N) is 2. The van der Waals surface area contributed by atoms with E-state index in [2.05, 4.69) is 15.0 Å². The van der Waals surface area contributed by atoms with Crippen molar-refractivity contribution in [3.8, 4) is 0 Å². The van der Waals surface area contributed by atoms with Gasteiger partial charge in [0.1, 0.15) is 10.2 Å². The van der Waals surface area contributed by atoms with E-state index in [1.165, 1.54) is 17.8 Å². The zero-order valence-corrected chi connectivity index (χ0v) is 11.9. The Bertz CT molecular complexity index is 624. The van der Waals surface area contributed by atoms with Gasteiger partial charge in [0.15, 0.2) is 5.16 Å². The number of H-pyrrole nitrogens is 1. The topological polar surface area (TPSA) is 84.7 Å². The first-order chi connectivity index (χ1) is 9.06. The summed E-state index contributed by atoms with van der Waals surface area (Å²) in [5.41, 5.74) is 6.81. The number of anilines is 1. The minimum atomic E-state index is -0.170. The maximum atomic E-state index is 11.5. The van der Waals surface area contributed by atoms with Crippen molar-refractivity contribution in [3.63, 3.8) is 0 Å². The lowest BCUT2D eigenvalue weighted by molar-refractivity contribution is 0.815. The first-order valence-electron chi connectivity index (χ1n) is 5.78. The molecule has 0 amide bonds. The summed E-state index contributed by atoms with van der Waals surface area (Å²) in [5.74, 6) is 0. The van der Waals surface area contributed by atoms with Crippen molar-refractivity contribution in [1.82, 2.24) is 15.0 Å². The molecule has 19 heavy (non-hydrogen) atoms. The molecule has 0 spiro atoms. The van der Waals surface area contributed by atoms with Crippen LogP contribution in [-0.2, 0) is 6.42 Å². The smallest absolute Gasteiger partial charge is 0.251 e. The van der Waals surface area contributed by atoms with Crippen molar-refractivity contribution in [2.75, 3.05) is 5.73 Å². The summed E-state index contributed by atoms with van der Waals surface area (Å²) in [4.78, 5) is 22.7. The third-order valence-electron chi connectivity index (χ3n) is 2.27. The van der Waals surface area contributed by atoms with Crippen molar-refractivity contribution < 1.29 is 0 Å². The highest BCUT2D eigenvalue weighted by Crippen LogP contribution is 2.25. The van der Waals surface area contributed by atoms with E-state index in [4.69, 9.17) is 17.3 Å². The average Bonchev–Trinajstić information content (AvgIpc) is 2.26. The Kier molecular flexibility index (Phi) is 4.44. The normalized spacial score (nSPS) is 10.6. The van der Waals surface area contributed by atoms with Crippen molar-refractivity contribution in [2.45, 2.75) is 29.9 Å². The molecular formula is C12H13ClN4OS. The van der Waals surface area contributed by atoms with Gasteiger partial charge in [0.25, 0.3) is 5.56 Å². The molecule has 0 saturated heterocycles. The van der Waals surface area contributed by atoms with E-state index in [0.717, 1.165) is 18.5 Å². The van der Waals surface area contributed by atoms with Crippen LogP contribution in [0.1, 0.15) is 19.0 Å². The summed E-state index contributed by atoms with van der Waals surface area (Å²) < 4.78 is 0. The fourth-order valence-corrected chi connectivity index (χ4v) is 2.68. The molecule has 2 aromatic rings. The maximum Gasteiger partial charge on any atom is 0.251 e. The molecule has 2 aromatic heterocycles. The van der Waals surface area contributed by atoms with Crippen LogP contribution < -0.4 is 11.3 Å². The summed E-state index contributed by atoms with van der Waals surface area (Å²) in [6, 6.07) is 4.76. The number of rotatable bonds is 4. The van der Waals surface area contributed by atoms with Gasteiger partial charge in [-0.2, -0.15) is 0 Å². The molecule has 0 radical (unpaired) electrons. The van der Waals surface area contributed by atoms with Crippen LogP contribution in [0, 0.1) is 0 Å². The number of nitrogens with two attached hydrogens (primary N) is 1. The van der Waals surface area contributed by atoms with Crippen molar-refractivity contribution in [3.05, 3.63) is 39.4 Å². The molecule has 0 unspecified atom stereocenters. The molecule has 0 aliphatic heterocycles. The molecule has 5 nitrogen and oxygen atoms in total. The molecular weight excluding hydrogens is 284 g/mol. The fourth-order valence-electron chi connectivity index (χ4n) is 1.56. The number of aryl methyl sites for hydroxylation is 1. The van der Waals surface area contributed by atoms with E-state index in [-0.39, 0.29) is 5.56 Å². The molecule has 0 aliphatic rings. The molecule has 0 saturated carbocycles. The van der Waals surface area contributed by atoms with Crippen LogP contribution in [0.4, 0.5) is 5.69 Å². The van der Waals surface area contributed by atoms with Gasteiger partial charge in [0.05, 0.1) is 0 Å². The van der Waals surface area contributed by atoms with Gasteiger partial charge < -0.3 is 10.7 Å². The summed E-state index contributed by atoms with van der Waals surface area (Å²) in [6.45, 7) is 2.04. The second kappa shape index (κ2) is 6.08. The third kappa shape index (κ3) is 3.97. The molecule has 0 atom stereocenters. The van der Waals surface area contributed by atoms with Gasteiger partial charge in [-0.05, 0) is 30.3 Å². The summed E-state index contributed by atoms with van der Waals surface area (Å²) in [6.07, 6.45) is 1.70. The molecule has 3 N–H and O–H groups in total. The van der Waals surface area contributed by atoms with E-state index >= 15 is 0 Å². The highest BCUT2D eigenvalue weighted by molar-refractivity contribution is 7.99. The lowest BCUT2D eigenvalue weighted by Crippen LogP contribution is -2.09. The number of aromatic amines is 1. The van der Waals surface area contributed by atoms with E-state index in [9.17, 15) is 4.79 Å². The minimum Gasteiger partial charge on any atom is -0.399 e.